The zero-order chi connectivity index (χ0) is 15.4. The van der Waals surface area contributed by atoms with E-state index in [0.717, 1.165) is 6.07 Å². The normalized spacial score (nSPS) is 12.0. The van der Waals surface area contributed by atoms with E-state index in [4.69, 9.17) is 15.2 Å². The van der Waals surface area contributed by atoms with Crippen molar-refractivity contribution in [2.24, 2.45) is 5.73 Å². The first kappa shape index (κ1) is 15.3. The van der Waals surface area contributed by atoms with Crippen molar-refractivity contribution in [1.29, 1.82) is 0 Å². The third-order valence-electron chi connectivity index (χ3n) is 3.30. The van der Waals surface area contributed by atoms with E-state index in [1.165, 1.54) is 26.4 Å². The molecule has 2 aromatic carbocycles. The summed E-state index contributed by atoms with van der Waals surface area (Å²) in [5, 5.41) is 0. The van der Waals surface area contributed by atoms with Gasteiger partial charge in [0.1, 0.15) is 0 Å². The monoisotopic (exact) mass is 293 g/mol. The second kappa shape index (κ2) is 6.54. The Balaban J connectivity index is 2.32. The van der Waals surface area contributed by atoms with Gasteiger partial charge in [-0.05, 0) is 24.1 Å². The highest BCUT2D eigenvalue weighted by atomic mass is 19.2. The summed E-state index contributed by atoms with van der Waals surface area (Å²) in [4.78, 5) is 0. The minimum atomic E-state index is -0.877. The van der Waals surface area contributed by atoms with Gasteiger partial charge >= 0.3 is 0 Å². The fourth-order valence-corrected chi connectivity index (χ4v) is 2.26. The average molecular weight is 293 g/mol. The van der Waals surface area contributed by atoms with E-state index in [2.05, 4.69) is 0 Å². The maximum Gasteiger partial charge on any atom is 0.165 e. The molecule has 2 aromatic rings. The number of halogens is 2. The molecule has 3 nitrogen and oxygen atoms in total. The molecule has 2 N–H and O–H groups in total. The molecule has 21 heavy (non-hydrogen) atoms. The number of ether oxygens (including phenoxy) is 2. The maximum atomic E-state index is 13.7. The number of nitrogens with two attached hydrogens (primary N) is 1. The van der Waals surface area contributed by atoms with Gasteiger partial charge < -0.3 is 15.2 Å². The number of benzene rings is 2. The SMILES string of the molecule is COc1cccc(C(N)Cc2cccc(F)c2F)c1OC. The van der Waals surface area contributed by atoms with Gasteiger partial charge in [0, 0.05) is 11.6 Å². The van der Waals surface area contributed by atoms with Crippen molar-refractivity contribution in [2.75, 3.05) is 14.2 Å². The van der Waals surface area contributed by atoms with Crippen LogP contribution in [0.4, 0.5) is 8.78 Å². The van der Waals surface area contributed by atoms with E-state index in [1.54, 1.807) is 18.2 Å². The average Bonchev–Trinajstić information content (AvgIpc) is 2.50. The number of rotatable bonds is 5. The van der Waals surface area contributed by atoms with E-state index in [1.807, 2.05) is 0 Å². The smallest absolute Gasteiger partial charge is 0.165 e. The molecule has 0 heterocycles. The molecule has 2 rings (SSSR count). The van der Waals surface area contributed by atoms with Crippen LogP contribution in [-0.4, -0.2) is 14.2 Å². The van der Waals surface area contributed by atoms with Gasteiger partial charge in [-0.3, -0.25) is 0 Å². The van der Waals surface area contributed by atoms with Gasteiger partial charge in [-0.1, -0.05) is 24.3 Å². The van der Waals surface area contributed by atoms with Gasteiger partial charge in [0.05, 0.1) is 14.2 Å². The van der Waals surface area contributed by atoms with Crippen LogP contribution < -0.4 is 15.2 Å². The summed E-state index contributed by atoms with van der Waals surface area (Å²) >= 11 is 0. The lowest BCUT2D eigenvalue weighted by Gasteiger charge is -2.18. The summed E-state index contributed by atoms with van der Waals surface area (Å²) in [7, 11) is 3.04. The molecule has 1 atom stereocenters. The van der Waals surface area contributed by atoms with Crippen LogP contribution in [0.2, 0.25) is 0 Å². The third kappa shape index (κ3) is 3.13. The summed E-state index contributed by atoms with van der Waals surface area (Å²) < 4.78 is 37.5. The Labute approximate surface area is 122 Å². The summed E-state index contributed by atoms with van der Waals surface area (Å²) in [6, 6.07) is 8.83. The summed E-state index contributed by atoms with van der Waals surface area (Å²) in [6.07, 6.45) is 0.160. The van der Waals surface area contributed by atoms with E-state index in [-0.39, 0.29) is 12.0 Å². The molecule has 0 spiro atoms. The number of hydrogen-bond acceptors (Lipinski definition) is 3. The highest BCUT2D eigenvalue weighted by molar-refractivity contribution is 5.48. The molecule has 0 saturated carbocycles. The van der Waals surface area contributed by atoms with E-state index in [9.17, 15) is 8.78 Å². The molecule has 0 bridgehead atoms. The Kier molecular flexibility index (Phi) is 4.75. The first-order valence-electron chi connectivity index (χ1n) is 6.47. The molecule has 112 valence electrons. The highest BCUT2D eigenvalue weighted by Crippen LogP contribution is 2.35. The minimum absolute atomic E-state index is 0.160. The van der Waals surface area contributed by atoms with E-state index >= 15 is 0 Å². The fourth-order valence-electron chi connectivity index (χ4n) is 2.26. The molecular weight excluding hydrogens is 276 g/mol. The lowest BCUT2D eigenvalue weighted by molar-refractivity contribution is 0.349. The molecular formula is C16H17F2NO2. The zero-order valence-electron chi connectivity index (χ0n) is 11.9. The van der Waals surface area contributed by atoms with Gasteiger partial charge in [0.15, 0.2) is 23.1 Å². The van der Waals surface area contributed by atoms with Gasteiger partial charge in [-0.15, -0.1) is 0 Å². The minimum Gasteiger partial charge on any atom is -0.493 e. The van der Waals surface area contributed by atoms with Crippen molar-refractivity contribution < 1.29 is 18.3 Å². The Morgan fingerprint density at radius 1 is 1.05 bits per heavy atom. The van der Waals surface area contributed by atoms with Crippen molar-refractivity contribution in [3.8, 4) is 11.5 Å². The fraction of sp³-hybridized carbons (Fsp3) is 0.250. The van der Waals surface area contributed by atoms with Crippen LogP contribution in [-0.2, 0) is 6.42 Å². The predicted molar refractivity (Wildman–Crippen MR) is 76.5 cm³/mol. The topological polar surface area (TPSA) is 44.5 Å². The maximum absolute atomic E-state index is 13.7. The van der Waals surface area contributed by atoms with Gasteiger partial charge in [-0.2, -0.15) is 0 Å². The Morgan fingerprint density at radius 3 is 2.43 bits per heavy atom. The Morgan fingerprint density at radius 2 is 1.76 bits per heavy atom. The van der Waals surface area contributed by atoms with Crippen LogP contribution in [0.25, 0.3) is 0 Å². The van der Waals surface area contributed by atoms with Crippen LogP contribution in [0.3, 0.4) is 0 Å². The van der Waals surface area contributed by atoms with Crippen molar-refractivity contribution in [3.63, 3.8) is 0 Å². The number of methoxy groups -OCH3 is 2. The van der Waals surface area contributed by atoms with Crippen LogP contribution in [0.15, 0.2) is 36.4 Å². The summed E-state index contributed by atoms with van der Waals surface area (Å²) in [5.41, 5.74) is 7.03. The van der Waals surface area contributed by atoms with Gasteiger partial charge in [0.2, 0.25) is 0 Å². The molecule has 0 aliphatic rings. The second-order valence-electron chi connectivity index (χ2n) is 4.61. The van der Waals surface area contributed by atoms with Gasteiger partial charge in [0.25, 0.3) is 0 Å². The summed E-state index contributed by atoms with van der Waals surface area (Å²) in [6.45, 7) is 0. The first-order chi connectivity index (χ1) is 10.1. The predicted octanol–water partition coefficient (Wildman–Crippen LogP) is 3.22. The van der Waals surface area contributed by atoms with Crippen molar-refractivity contribution in [1.82, 2.24) is 0 Å². The molecule has 0 aromatic heterocycles. The van der Waals surface area contributed by atoms with Crippen LogP contribution >= 0.6 is 0 Å². The lowest BCUT2D eigenvalue weighted by Crippen LogP contribution is -2.16. The van der Waals surface area contributed by atoms with Crippen molar-refractivity contribution in [2.45, 2.75) is 12.5 Å². The quantitative estimate of drug-likeness (QED) is 0.920. The summed E-state index contributed by atoms with van der Waals surface area (Å²) in [5.74, 6) is -0.693. The number of para-hydroxylation sites is 1. The van der Waals surface area contributed by atoms with Crippen molar-refractivity contribution in [3.05, 3.63) is 59.2 Å². The largest absolute Gasteiger partial charge is 0.493 e. The van der Waals surface area contributed by atoms with E-state index in [0.29, 0.717) is 17.1 Å². The van der Waals surface area contributed by atoms with Crippen LogP contribution in [0.1, 0.15) is 17.2 Å². The van der Waals surface area contributed by atoms with Crippen molar-refractivity contribution >= 4 is 0 Å². The highest BCUT2D eigenvalue weighted by Gasteiger charge is 2.18. The molecule has 0 aliphatic heterocycles. The Bertz CT molecular complexity index is 632. The second-order valence-corrected chi connectivity index (χ2v) is 4.61. The molecule has 0 aliphatic carbocycles. The molecule has 0 saturated heterocycles. The first-order valence-corrected chi connectivity index (χ1v) is 6.47. The van der Waals surface area contributed by atoms with Crippen LogP contribution in [0, 0.1) is 11.6 Å². The Hall–Kier alpha value is -2.14. The number of hydrogen-bond donors (Lipinski definition) is 1. The third-order valence-corrected chi connectivity index (χ3v) is 3.30. The lowest BCUT2D eigenvalue weighted by atomic mass is 9.98. The zero-order valence-corrected chi connectivity index (χ0v) is 11.9. The van der Waals surface area contributed by atoms with E-state index < -0.39 is 17.7 Å². The molecule has 5 heteroatoms. The molecule has 0 fully saturated rings. The van der Waals surface area contributed by atoms with Gasteiger partial charge in [-0.25, -0.2) is 8.78 Å². The molecule has 0 radical (unpaired) electrons. The molecule has 1 unspecified atom stereocenters. The standard InChI is InChI=1S/C16H17F2NO2/c1-20-14-8-4-6-11(16(14)21-2)13(19)9-10-5-3-7-12(17)15(10)18/h3-8,13H,9,19H2,1-2H3. The van der Waals surface area contributed by atoms with Crippen LogP contribution in [0.5, 0.6) is 11.5 Å². The molecule has 0 amide bonds.